The van der Waals surface area contributed by atoms with E-state index in [0.29, 0.717) is 18.2 Å². The van der Waals surface area contributed by atoms with Crippen LogP contribution in [0.5, 0.6) is 5.75 Å². The number of ether oxygens (including phenoxy) is 2. The summed E-state index contributed by atoms with van der Waals surface area (Å²) in [4.78, 5) is 19.2. The third-order valence-electron chi connectivity index (χ3n) is 3.18. The first-order valence-electron chi connectivity index (χ1n) is 7.10. The molecule has 1 aromatic heterocycles. The van der Waals surface area contributed by atoms with Gasteiger partial charge in [-0.05, 0) is 31.2 Å². The van der Waals surface area contributed by atoms with Gasteiger partial charge in [0.1, 0.15) is 11.6 Å². The molecule has 1 heterocycles. The molecule has 0 spiro atoms. The lowest BCUT2D eigenvalue weighted by molar-refractivity contribution is -0.145. The normalized spacial score (nSPS) is 10.6. The average Bonchev–Trinajstić information content (AvgIpc) is 2.97. The number of aromatic amines is 1. The van der Waals surface area contributed by atoms with E-state index in [2.05, 4.69) is 9.97 Å². The third-order valence-corrected chi connectivity index (χ3v) is 3.18. The van der Waals surface area contributed by atoms with Crippen LogP contribution < -0.4 is 4.74 Å². The van der Waals surface area contributed by atoms with Crippen LogP contribution in [-0.2, 0) is 9.53 Å². The molecule has 0 aliphatic carbocycles. The number of rotatable bonds is 5. The number of nitrogens with zero attached hydrogens (tertiary/aromatic N) is 1. The second kappa shape index (κ2) is 6.30. The Morgan fingerprint density at radius 3 is 2.73 bits per heavy atom. The van der Waals surface area contributed by atoms with Crippen LogP contribution >= 0.6 is 0 Å². The van der Waals surface area contributed by atoms with Crippen molar-refractivity contribution >= 4 is 17.0 Å². The Balaban J connectivity index is 1.88. The minimum Gasteiger partial charge on any atom is -0.481 e. The van der Waals surface area contributed by atoms with Crippen LogP contribution in [0.1, 0.15) is 6.92 Å². The molecule has 112 valence electrons. The fraction of sp³-hybridized carbons (Fsp3) is 0.176. The summed E-state index contributed by atoms with van der Waals surface area (Å²) in [6.07, 6.45) is 0. The van der Waals surface area contributed by atoms with E-state index < -0.39 is 0 Å². The van der Waals surface area contributed by atoms with E-state index in [1.807, 2.05) is 48.5 Å². The van der Waals surface area contributed by atoms with Crippen molar-refractivity contribution in [3.63, 3.8) is 0 Å². The van der Waals surface area contributed by atoms with Crippen molar-refractivity contribution in [3.05, 3.63) is 48.5 Å². The zero-order valence-electron chi connectivity index (χ0n) is 12.2. The summed E-state index contributed by atoms with van der Waals surface area (Å²) in [5, 5.41) is 0. The number of para-hydroxylation sites is 3. The van der Waals surface area contributed by atoms with E-state index in [4.69, 9.17) is 9.47 Å². The summed E-state index contributed by atoms with van der Waals surface area (Å²) in [5.41, 5.74) is 2.65. The van der Waals surface area contributed by atoms with Crippen molar-refractivity contribution in [2.75, 3.05) is 13.2 Å². The number of carbonyl (C=O) groups excluding carboxylic acids is 1. The van der Waals surface area contributed by atoms with Gasteiger partial charge in [-0.1, -0.05) is 24.3 Å². The highest BCUT2D eigenvalue weighted by Crippen LogP contribution is 2.29. The maximum Gasteiger partial charge on any atom is 0.344 e. The first-order valence-corrected chi connectivity index (χ1v) is 7.10. The summed E-state index contributed by atoms with van der Waals surface area (Å²) >= 11 is 0. The Morgan fingerprint density at radius 2 is 1.91 bits per heavy atom. The van der Waals surface area contributed by atoms with Crippen LogP contribution in [0, 0.1) is 0 Å². The largest absolute Gasteiger partial charge is 0.481 e. The van der Waals surface area contributed by atoms with Crippen LogP contribution in [0.2, 0.25) is 0 Å². The molecule has 0 aliphatic rings. The fourth-order valence-corrected chi connectivity index (χ4v) is 2.21. The summed E-state index contributed by atoms with van der Waals surface area (Å²) < 4.78 is 10.4. The molecule has 5 nitrogen and oxygen atoms in total. The first kappa shape index (κ1) is 14.1. The molecule has 0 saturated carbocycles. The van der Waals surface area contributed by atoms with E-state index in [-0.39, 0.29) is 12.6 Å². The number of esters is 1. The number of hydrogen-bond acceptors (Lipinski definition) is 4. The van der Waals surface area contributed by atoms with Crippen LogP contribution in [-0.4, -0.2) is 29.2 Å². The van der Waals surface area contributed by atoms with Crippen molar-refractivity contribution in [3.8, 4) is 17.1 Å². The van der Waals surface area contributed by atoms with Gasteiger partial charge in [0.15, 0.2) is 6.61 Å². The van der Waals surface area contributed by atoms with Crippen molar-refractivity contribution in [2.24, 2.45) is 0 Å². The molecule has 0 bridgehead atoms. The molecule has 0 fully saturated rings. The zero-order chi connectivity index (χ0) is 15.4. The molecular weight excluding hydrogens is 280 g/mol. The Kier molecular flexibility index (Phi) is 4.05. The highest BCUT2D eigenvalue weighted by atomic mass is 16.6. The minimum atomic E-state index is -0.387. The molecule has 0 amide bonds. The van der Waals surface area contributed by atoms with E-state index in [9.17, 15) is 4.79 Å². The van der Waals surface area contributed by atoms with Gasteiger partial charge in [-0.15, -0.1) is 0 Å². The van der Waals surface area contributed by atoms with Gasteiger partial charge in [0, 0.05) is 0 Å². The summed E-state index contributed by atoms with van der Waals surface area (Å²) in [5.74, 6) is 0.914. The number of benzene rings is 2. The van der Waals surface area contributed by atoms with Gasteiger partial charge in [0.25, 0.3) is 0 Å². The van der Waals surface area contributed by atoms with E-state index >= 15 is 0 Å². The molecule has 1 N–H and O–H groups in total. The number of aromatic nitrogens is 2. The smallest absolute Gasteiger partial charge is 0.344 e. The summed E-state index contributed by atoms with van der Waals surface area (Å²) in [6, 6.07) is 15.3. The third kappa shape index (κ3) is 2.93. The second-order valence-corrected chi connectivity index (χ2v) is 4.69. The SMILES string of the molecule is CCOC(=O)COc1ccccc1-c1nc2ccccc2[nH]1. The maximum atomic E-state index is 11.4. The molecule has 0 saturated heterocycles. The lowest BCUT2D eigenvalue weighted by Crippen LogP contribution is -2.14. The first-order chi connectivity index (χ1) is 10.8. The summed E-state index contributed by atoms with van der Waals surface area (Å²) in [6.45, 7) is 1.98. The Bertz CT molecular complexity index is 762. The predicted octanol–water partition coefficient (Wildman–Crippen LogP) is 3.17. The monoisotopic (exact) mass is 296 g/mol. The Morgan fingerprint density at radius 1 is 1.14 bits per heavy atom. The second-order valence-electron chi connectivity index (χ2n) is 4.69. The van der Waals surface area contributed by atoms with E-state index in [0.717, 1.165) is 16.6 Å². The molecule has 22 heavy (non-hydrogen) atoms. The average molecular weight is 296 g/mol. The highest BCUT2D eigenvalue weighted by molar-refractivity contribution is 5.80. The van der Waals surface area contributed by atoms with Crippen LogP contribution in [0.15, 0.2) is 48.5 Å². The standard InChI is InChI=1S/C17H16N2O3/c1-2-21-16(20)11-22-15-10-6-3-7-12(15)17-18-13-8-4-5-9-14(13)19-17/h3-10H,2,11H2,1H3,(H,18,19). The molecular formula is C17H16N2O3. The number of carbonyl (C=O) groups is 1. The molecule has 0 radical (unpaired) electrons. The van der Waals surface area contributed by atoms with Crippen molar-refractivity contribution in [1.29, 1.82) is 0 Å². The molecule has 0 unspecified atom stereocenters. The fourth-order valence-electron chi connectivity index (χ4n) is 2.21. The zero-order valence-corrected chi connectivity index (χ0v) is 12.2. The lowest BCUT2D eigenvalue weighted by atomic mass is 10.2. The number of hydrogen-bond donors (Lipinski definition) is 1. The Labute approximate surface area is 127 Å². The van der Waals surface area contributed by atoms with Gasteiger partial charge >= 0.3 is 5.97 Å². The van der Waals surface area contributed by atoms with Gasteiger partial charge in [-0.3, -0.25) is 0 Å². The van der Waals surface area contributed by atoms with Crippen molar-refractivity contribution in [2.45, 2.75) is 6.92 Å². The van der Waals surface area contributed by atoms with Gasteiger partial charge in [-0.2, -0.15) is 0 Å². The number of H-pyrrole nitrogens is 1. The summed E-state index contributed by atoms with van der Waals surface area (Å²) in [7, 11) is 0. The maximum absolute atomic E-state index is 11.4. The van der Waals surface area contributed by atoms with Gasteiger partial charge in [0.05, 0.1) is 23.2 Å². The van der Waals surface area contributed by atoms with Crippen LogP contribution in [0.4, 0.5) is 0 Å². The van der Waals surface area contributed by atoms with Crippen LogP contribution in [0.25, 0.3) is 22.4 Å². The topological polar surface area (TPSA) is 64.2 Å². The minimum absolute atomic E-state index is 0.120. The lowest BCUT2D eigenvalue weighted by Gasteiger charge is -2.09. The van der Waals surface area contributed by atoms with Gasteiger partial charge in [0.2, 0.25) is 0 Å². The molecule has 5 heteroatoms. The highest BCUT2D eigenvalue weighted by Gasteiger charge is 2.12. The molecule has 0 aliphatic heterocycles. The predicted molar refractivity (Wildman–Crippen MR) is 83.7 cm³/mol. The van der Waals surface area contributed by atoms with Gasteiger partial charge in [-0.25, -0.2) is 9.78 Å². The molecule has 3 aromatic rings. The Hall–Kier alpha value is -2.82. The molecule has 3 rings (SSSR count). The van der Waals surface area contributed by atoms with E-state index in [1.54, 1.807) is 6.92 Å². The van der Waals surface area contributed by atoms with Crippen molar-refractivity contribution in [1.82, 2.24) is 9.97 Å². The molecule has 0 atom stereocenters. The van der Waals surface area contributed by atoms with Crippen LogP contribution in [0.3, 0.4) is 0 Å². The number of fused-ring (bicyclic) bond motifs is 1. The molecule has 2 aromatic carbocycles. The number of nitrogens with one attached hydrogen (secondary N) is 1. The number of imidazole rings is 1. The quantitative estimate of drug-likeness (QED) is 0.734. The van der Waals surface area contributed by atoms with Gasteiger partial charge < -0.3 is 14.5 Å². The van der Waals surface area contributed by atoms with Crippen molar-refractivity contribution < 1.29 is 14.3 Å². The van der Waals surface area contributed by atoms with E-state index in [1.165, 1.54) is 0 Å².